The second-order valence-electron chi connectivity index (χ2n) is 4.71. The summed E-state index contributed by atoms with van der Waals surface area (Å²) in [5.74, 6) is 0.917. The Morgan fingerprint density at radius 3 is 2.62 bits per heavy atom. The van der Waals surface area contributed by atoms with Gasteiger partial charge in [-0.3, -0.25) is 4.79 Å². The van der Waals surface area contributed by atoms with E-state index in [4.69, 9.17) is 11.6 Å². The minimum atomic E-state index is -0.240. The zero-order valence-electron chi connectivity index (χ0n) is 10.2. The Balaban J connectivity index is 3.20. The smallest absolute Gasteiger partial charge is 0.293 e. The molecule has 1 rings (SSSR count). The number of rotatable bonds is 3. The van der Waals surface area contributed by atoms with E-state index in [9.17, 15) is 4.79 Å². The molecule has 0 aliphatic rings. The summed E-state index contributed by atoms with van der Waals surface area (Å²) in [7, 11) is 1.82. The van der Waals surface area contributed by atoms with E-state index in [1.54, 1.807) is 21.9 Å². The summed E-state index contributed by atoms with van der Waals surface area (Å²) in [4.78, 5) is 18.0. The molecule has 0 saturated carbocycles. The molecule has 0 atom stereocenters. The third kappa shape index (κ3) is 2.76. The molecule has 0 unspecified atom stereocenters. The third-order valence-electron chi connectivity index (χ3n) is 2.33. The lowest BCUT2D eigenvalue weighted by molar-refractivity contribution is 0.382. The molecule has 0 radical (unpaired) electrons. The number of hydrogen-bond donors (Lipinski definition) is 0. The van der Waals surface area contributed by atoms with Gasteiger partial charge < -0.3 is 9.47 Å². The second kappa shape index (κ2) is 4.87. The molecule has 1 heterocycles. The first-order valence-corrected chi connectivity index (χ1v) is 5.76. The summed E-state index contributed by atoms with van der Waals surface area (Å²) in [6, 6.07) is 0. The van der Waals surface area contributed by atoms with Crippen molar-refractivity contribution in [3.8, 4) is 0 Å². The van der Waals surface area contributed by atoms with Crippen molar-refractivity contribution in [1.82, 2.24) is 9.55 Å². The summed E-state index contributed by atoms with van der Waals surface area (Å²) in [5.41, 5.74) is -0.320. The van der Waals surface area contributed by atoms with Crippen LogP contribution in [-0.4, -0.2) is 29.0 Å². The quantitative estimate of drug-likeness (QED) is 0.758. The van der Waals surface area contributed by atoms with Gasteiger partial charge in [0, 0.05) is 37.4 Å². The number of anilines is 1. The van der Waals surface area contributed by atoms with Crippen LogP contribution >= 0.6 is 11.6 Å². The molecule has 90 valence electrons. The van der Waals surface area contributed by atoms with Gasteiger partial charge in [0.05, 0.1) is 0 Å². The molecule has 1 aromatic rings. The summed E-state index contributed by atoms with van der Waals surface area (Å²) in [6.07, 6.45) is 3.35. The van der Waals surface area contributed by atoms with Crippen LogP contribution in [0.1, 0.15) is 20.8 Å². The van der Waals surface area contributed by atoms with Gasteiger partial charge in [0.2, 0.25) is 0 Å². The Labute approximate surface area is 101 Å². The van der Waals surface area contributed by atoms with Crippen molar-refractivity contribution in [1.29, 1.82) is 0 Å². The minimum Gasteiger partial charge on any atom is -0.354 e. The van der Waals surface area contributed by atoms with Gasteiger partial charge in [-0.2, -0.15) is 0 Å². The first-order valence-electron chi connectivity index (χ1n) is 5.23. The summed E-state index contributed by atoms with van der Waals surface area (Å²) < 4.78 is 1.68. The van der Waals surface area contributed by atoms with E-state index in [1.807, 2.05) is 27.8 Å². The Morgan fingerprint density at radius 2 is 2.12 bits per heavy atom. The molecule has 5 heteroatoms. The highest BCUT2D eigenvalue weighted by molar-refractivity contribution is 6.18. The van der Waals surface area contributed by atoms with Crippen molar-refractivity contribution in [2.45, 2.75) is 26.3 Å². The van der Waals surface area contributed by atoms with E-state index in [0.717, 1.165) is 0 Å². The molecule has 0 N–H and O–H groups in total. The zero-order chi connectivity index (χ0) is 12.3. The lowest BCUT2D eigenvalue weighted by Gasteiger charge is -2.24. The van der Waals surface area contributed by atoms with Gasteiger partial charge in [-0.25, -0.2) is 4.98 Å². The van der Waals surface area contributed by atoms with Gasteiger partial charge in [0.1, 0.15) is 0 Å². The van der Waals surface area contributed by atoms with Crippen LogP contribution in [-0.2, 0) is 5.54 Å². The minimum absolute atomic E-state index is 0.0809. The Morgan fingerprint density at radius 1 is 1.50 bits per heavy atom. The van der Waals surface area contributed by atoms with Crippen molar-refractivity contribution >= 4 is 17.4 Å². The number of aromatic nitrogens is 2. The second-order valence-corrected chi connectivity index (χ2v) is 5.09. The highest BCUT2D eigenvalue weighted by Gasteiger charge is 2.17. The number of nitrogens with zero attached hydrogens (tertiary/aromatic N) is 3. The largest absolute Gasteiger partial charge is 0.354 e. The van der Waals surface area contributed by atoms with Crippen LogP contribution in [0.4, 0.5) is 5.82 Å². The Hall–Kier alpha value is -1.03. The fourth-order valence-electron chi connectivity index (χ4n) is 1.42. The fraction of sp³-hybridized carbons (Fsp3) is 0.636. The molecule has 0 bridgehead atoms. The molecule has 0 aromatic carbocycles. The van der Waals surface area contributed by atoms with Crippen molar-refractivity contribution in [3.05, 3.63) is 22.7 Å². The van der Waals surface area contributed by atoms with Crippen molar-refractivity contribution < 1.29 is 0 Å². The van der Waals surface area contributed by atoms with E-state index in [1.165, 1.54) is 0 Å². The van der Waals surface area contributed by atoms with Crippen LogP contribution in [0.5, 0.6) is 0 Å². The molecular weight excluding hydrogens is 226 g/mol. The number of hydrogen-bond acceptors (Lipinski definition) is 3. The van der Waals surface area contributed by atoms with Gasteiger partial charge in [-0.1, -0.05) is 0 Å². The number of halogens is 1. The molecule has 0 aliphatic carbocycles. The molecule has 0 saturated heterocycles. The third-order valence-corrected chi connectivity index (χ3v) is 2.50. The SMILES string of the molecule is CN(CCCl)c1nccn(C(C)(C)C)c1=O. The average Bonchev–Trinajstić information content (AvgIpc) is 2.16. The van der Waals surface area contributed by atoms with E-state index in [2.05, 4.69) is 4.98 Å². The normalized spacial score (nSPS) is 11.6. The maximum absolute atomic E-state index is 12.1. The van der Waals surface area contributed by atoms with Crippen LogP contribution in [0.3, 0.4) is 0 Å². The summed E-state index contributed by atoms with van der Waals surface area (Å²) >= 11 is 5.65. The van der Waals surface area contributed by atoms with E-state index < -0.39 is 0 Å². The van der Waals surface area contributed by atoms with Crippen LogP contribution in [0, 0.1) is 0 Å². The Bertz CT molecular complexity index is 408. The van der Waals surface area contributed by atoms with Crippen LogP contribution in [0.25, 0.3) is 0 Å². The molecule has 16 heavy (non-hydrogen) atoms. The lowest BCUT2D eigenvalue weighted by atomic mass is 10.1. The topological polar surface area (TPSA) is 38.1 Å². The van der Waals surface area contributed by atoms with Gasteiger partial charge in [-0.15, -0.1) is 11.6 Å². The highest BCUT2D eigenvalue weighted by Crippen LogP contribution is 2.11. The first-order chi connectivity index (χ1) is 7.38. The van der Waals surface area contributed by atoms with Gasteiger partial charge in [0.15, 0.2) is 5.82 Å². The monoisotopic (exact) mass is 243 g/mol. The van der Waals surface area contributed by atoms with E-state index in [-0.39, 0.29) is 11.1 Å². The zero-order valence-corrected chi connectivity index (χ0v) is 11.0. The van der Waals surface area contributed by atoms with Gasteiger partial charge in [0.25, 0.3) is 5.56 Å². The first kappa shape index (κ1) is 13.0. The Kier molecular flexibility index (Phi) is 3.97. The summed E-state index contributed by atoms with van der Waals surface area (Å²) in [5, 5.41) is 0. The van der Waals surface area contributed by atoms with Crippen LogP contribution in [0.2, 0.25) is 0 Å². The maximum atomic E-state index is 12.1. The van der Waals surface area contributed by atoms with E-state index >= 15 is 0 Å². The van der Waals surface area contributed by atoms with Crippen molar-refractivity contribution in [3.63, 3.8) is 0 Å². The van der Waals surface area contributed by atoms with Gasteiger partial charge >= 0.3 is 0 Å². The predicted octanol–water partition coefficient (Wildman–Crippen LogP) is 1.67. The highest BCUT2D eigenvalue weighted by atomic mass is 35.5. The fourth-order valence-corrected chi connectivity index (χ4v) is 1.68. The average molecular weight is 244 g/mol. The molecule has 0 spiro atoms. The maximum Gasteiger partial charge on any atom is 0.293 e. The molecule has 4 nitrogen and oxygen atoms in total. The summed E-state index contributed by atoms with van der Waals surface area (Å²) in [6.45, 7) is 6.57. The molecular formula is C11H18ClN3O. The van der Waals surface area contributed by atoms with Crippen molar-refractivity contribution in [2.24, 2.45) is 0 Å². The molecule has 0 fully saturated rings. The molecule has 0 amide bonds. The lowest BCUT2D eigenvalue weighted by Crippen LogP contribution is -2.38. The predicted molar refractivity (Wildman–Crippen MR) is 67.5 cm³/mol. The van der Waals surface area contributed by atoms with Crippen LogP contribution < -0.4 is 10.5 Å². The van der Waals surface area contributed by atoms with Crippen molar-refractivity contribution in [2.75, 3.05) is 24.4 Å². The number of alkyl halides is 1. The van der Waals surface area contributed by atoms with Gasteiger partial charge in [-0.05, 0) is 20.8 Å². The van der Waals surface area contributed by atoms with Crippen LogP contribution in [0.15, 0.2) is 17.2 Å². The molecule has 0 aliphatic heterocycles. The molecule has 1 aromatic heterocycles. The van der Waals surface area contributed by atoms with E-state index in [0.29, 0.717) is 18.2 Å². The standard InChI is InChI=1S/C11H18ClN3O/c1-11(2,3)15-8-6-13-9(10(15)16)14(4)7-5-12/h6,8H,5,7H2,1-4H3.